The van der Waals surface area contributed by atoms with E-state index in [1.165, 1.54) is 5.56 Å². The second-order valence-corrected chi connectivity index (χ2v) is 7.12. The van der Waals surface area contributed by atoms with Gasteiger partial charge in [-0.1, -0.05) is 41.9 Å². The number of halogens is 1. The van der Waals surface area contributed by atoms with E-state index < -0.39 is 0 Å². The molecular weight excluding hydrogens is 350 g/mol. The predicted molar refractivity (Wildman–Crippen MR) is 101 cm³/mol. The molecule has 0 bridgehead atoms. The van der Waals surface area contributed by atoms with Gasteiger partial charge in [-0.15, -0.1) is 0 Å². The van der Waals surface area contributed by atoms with Crippen molar-refractivity contribution in [2.24, 2.45) is 0 Å². The van der Waals surface area contributed by atoms with Crippen LogP contribution in [0.5, 0.6) is 0 Å². The van der Waals surface area contributed by atoms with Gasteiger partial charge >= 0.3 is 0 Å². The minimum Gasteiger partial charge on any atom is -0.321 e. The van der Waals surface area contributed by atoms with Crippen molar-refractivity contribution in [1.82, 2.24) is 10.2 Å². The van der Waals surface area contributed by atoms with Crippen LogP contribution >= 0.6 is 11.6 Å². The lowest BCUT2D eigenvalue weighted by Crippen LogP contribution is -2.51. The molecule has 0 saturated carbocycles. The van der Waals surface area contributed by atoms with Gasteiger partial charge in [-0.2, -0.15) is 0 Å². The standard InChI is InChI=1S/C20H20ClN3O2/c21-16-7-5-14(6-8-16)17-11-19(25)23(13-22-17)12-20(26)24-10-9-15-3-1-2-4-18(15)24/h1-8,17,22H,9-13H2. The molecule has 134 valence electrons. The van der Waals surface area contributed by atoms with Gasteiger partial charge in [0.25, 0.3) is 0 Å². The minimum absolute atomic E-state index is 0.00969. The second-order valence-electron chi connectivity index (χ2n) is 6.69. The molecule has 4 rings (SSSR count). The Morgan fingerprint density at radius 2 is 1.92 bits per heavy atom. The van der Waals surface area contributed by atoms with Crippen molar-refractivity contribution in [1.29, 1.82) is 0 Å². The average Bonchev–Trinajstić information content (AvgIpc) is 3.08. The van der Waals surface area contributed by atoms with Crippen molar-refractivity contribution in [3.05, 3.63) is 64.7 Å². The molecule has 1 fully saturated rings. The summed E-state index contributed by atoms with van der Waals surface area (Å²) in [7, 11) is 0. The zero-order chi connectivity index (χ0) is 18.1. The first-order valence-corrected chi connectivity index (χ1v) is 9.14. The van der Waals surface area contributed by atoms with Gasteiger partial charge in [0, 0.05) is 29.7 Å². The molecule has 0 aliphatic carbocycles. The lowest BCUT2D eigenvalue weighted by atomic mass is 10.0. The third kappa shape index (κ3) is 3.32. The SMILES string of the molecule is O=C1CC(c2ccc(Cl)cc2)NCN1CC(=O)N1CCc2ccccc21. The average molecular weight is 370 g/mol. The monoisotopic (exact) mass is 369 g/mol. The molecule has 1 atom stereocenters. The van der Waals surface area contributed by atoms with Crippen LogP contribution in [0.1, 0.15) is 23.6 Å². The van der Waals surface area contributed by atoms with E-state index in [1.54, 1.807) is 9.80 Å². The fourth-order valence-electron chi connectivity index (χ4n) is 3.61. The Bertz CT molecular complexity index is 837. The lowest BCUT2D eigenvalue weighted by Gasteiger charge is -2.33. The number of rotatable bonds is 3. The van der Waals surface area contributed by atoms with Crippen LogP contribution in [0.4, 0.5) is 5.69 Å². The summed E-state index contributed by atoms with van der Waals surface area (Å²) in [6.45, 7) is 1.15. The van der Waals surface area contributed by atoms with Gasteiger partial charge in [-0.05, 0) is 35.7 Å². The fourth-order valence-corrected chi connectivity index (χ4v) is 3.73. The number of benzene rings is 2. The second kappa shape index (κ2) is 7.09. The van der Waals surface area contributed by atoms with Crippen LogP contribution in [-0.2, 0) is 16.0 Å². The van der Waals surface area contributed by atoms with Crippen molar-refractivity contribution in [3.8, 4) is 0 Å². The molecule has 1 saturated heterocycles. The molecule has 0 spiro atoms. The highest BCUT2D eigenvalue weighted by Gasteiger charge is 2.31. The summed E-state index contributed by atoms with van der Waals surface area (Å²) in [4.78, 5) is 28.6. The summed E-state index contributed by atoms with van der Waals surface area (Å²) in [6, 6.07) is 15.4. The Hall–Kier alpha value is -2.37. The van der Waals surface area contributed by atoms with Gasteiger partial charge in [0.05, 0.1) is 6.67 Å². The highest BCUT2D eigenvalue weighted by molar-refractivity contribution is 6.30. The number of fused-ring (bicyclic) bond motifs is 1. The Morgan fingerprint density at radius 3 is 2.69 bits per heavy atom. The van der Waals surface area contributed by atoms with E-state index in [2.05, 4.69) is 5.32 Å². The van der Waals surface area contributed by atoms with E-state index in [0.717, 1.165) is 17.7 Å². The van der Waals surface area contributed by atoms with Crippen molar-refractivity contribution in [3.63, 3.8) is 0 Å². The van der Waals surface area contributed by atoms with Crippen LogP contribution in [0, 0.1) is 0 Å². The van der Waals surface area contributed by atoms with E-state index in [-0.39, 0.29) is 24.4 Å². The molecule has 2 amide bonds. The van der Waals surface area contributed by atoms with Gasteiger partial charge in [0.2, 0.25) is 11.8 Å². The first-order chi connectivity index (χ1) is 12.6. The maximum absolute atomic E-state index is 12.7. The molecule has 2 aromatic rings. The molecule has 5 nitrogen and oxygen atoms in total. The highest BCUT2D eigenvalue weighted by atomic mass is 35.5. The minimum atomic E-state index is -0.0429. The van der Waals surface area contributed by atoms with Crippen LogP contribution in [0.15, 0.2) is 48.5 Å². The number of nitrogens with one attached hydrogen (secondary N) is 1. The Kier molecular flexibility index (Phi) is 4.66. The summed E-state index contributed by atoms with van der Waals surface area (Å²) in [5, 5.41) is 4.02. The zero-order valence-electron chi connectivity index (χ0n) is 14.3. The van der Waals surface area contributed by atoms with E-state index in [9.17, 15) is 9.59 Å². The van der Waals surface area contributed by atoms with Crippen LogP contribution in [0.2, 0.25) is 5.02 Å². The topological polar surface area (TPSA) is 52.7 Å². The maximum Gasteiger partial charge on any atom is 0.246 e. The summed E-state index contributed by atoms with van der Waals surface area (Å²) < 4.78 is 0. The summed E-state index contributed by atoms with van der Waals surface area (Å²) in [5.74, 6) is -0.0421. The molecule has 2 aliphatic heterocycles. The quantitative estimate of drug-likeness (QED) is 0.905. The van der Waals surface area contributed by atoms with E-state index >= 15 is 0 Å². The third-order valence-corrected chi connectivity index (χ3v) is 5.30. The number of carbonyl (C=O) groups is 2. The van der Waals surface area contributed by atoms with Gasteiger partial charge < -0.3 is 9.80 Å². The first kappa shape index (κ1) is 17.1. The van der Waals surface area contributed by atoms with Crippen LogP contribution in [-0.4, -0.2) is 36.5 Å². The molecule has 1 N–H and O–H groups in total. The van der Waals surface area contributed by atoms with E-state index in [4.69, 9.17) is 11.6 Å². The molecule has 0 aromatic heterocycles. The fraction of sp³-hybridized carbons (Fsp3) is 0.300. The Labute approximate surface area is 157 Å². The smallest absolute Gasteiger partial charge is 0.246 e. The van der Waals surface area contributed by atoms with Gasteiger partial charge in [-0.25, -0.2) is 0 Å². The number of anilines is 1. The number of para-hydroxylation sites is 1. The highest BCUT2D eigenvalue weighted by Crippen LogP contribution is 2.28. The van der Waals surface area contributed by atoms with Crippen molar-refractivity contribution < 1.29 is 9.59 Å². The van der Waals surface area contributed by atoms with Crippen molar-refractivity contribution in [2.45, 2.75) is 18.9 Å². The molecule has 1 unspecified atom stereocenters. The number of carbonyl (C=O) groups excluding carboxylic acids is 2. The molecule has 2 heterocycles. The van der Waals surface area contributed by atoms with Crippen LogP contribution in [0.25, 0.3) is 0 Å². The lowest BCUT2D eigenvalue weighted by molar-refractivity contribution is -0.138. The summed E-state index contributed by atoms with van der Waals surface area (Å²) in [6.07, 6.45) is 1.21. The molecule has 0 radical (unpaired) electrons. The number of hydrogen-bond donors (Lipinski definition) is 1. The Morgan fingerprint density at radius 1 is 1.15 bits per heavy atom. The zero-order valence-corrected chi connectivity index (χ0v) is 15.1. The molecule has 6 heteroatoms. The number of hydrogen-bond acceptors (Lipinski definition) is 3. The van der Waals surface area contributed by atoms with Crippen LogP contribution < -0.4 is 10.2 Å². The Balaban J connectivity index is 1.39. The molecule has 2 aliphatic rings. The maximum atomic E-state index is 12.7. The van der Waals surface area contributed by atoms with Gasteiger partial charge in [0.1, 0.15) is 6.54 Å². The molecule has 26 heavy (non-hydrogen) atoms. The number of nitrogens with zero attached hydrogens (tertiary/aromatic N) is 2. The van der Waals surface area contributed by atoms with Crippen molar-refractivity contribution >= 4 is 29.1 Å². The number of amides is 2. The van der Waals surface area contributed by atoms with E-state index in [0.29, 0.717) is 24.7 Å². The predicted octanol–water partition coefficient (Wildman–Crippen LogP) is 2.75. The first-order valence-electron chi connectivity index (χ1n) is 8.77. The summed E-state index contributed by atoms with van der Waals surface area (Å²) >= 11 is 5.92. The summed E-state index contributed by atoms with van der Waals surface area (Å²) in [5.41, 5.74) is 3.18. The van der Waals surface area contributed by atoms with E-state index in [1.807, 2.05) is 48.5 Å². The van der Waals surface area contributed by atoms with Crippen LogP contribution in [0.3, 0.4) is 0 Å². The largest absolute Gasteiger partial charge is 0.321 e. The van der Waals surface area contributed by atoms with Gasteiger partial charge in [0.15, 0.2) is 0 Å². The normalized spacial score (nSPS) is 19.6. The molecule has 2 aromatic carbocycles. The third-order valence-electron chi connectivity index (χ3n) is 5.05. The van der Waals surface area contributed by atoms with Gasteiger partial charge in [-0.3, -0.25) is 14.9 Å². The van der Waals surface area contributed by atoms with Crippen molar-refractivity contribution in [2.75, 3.05) is 24.7 Å². The molecular formula is C20H20ClN3O2.